The van der Waals surface area contributed by atoms with Crippen LogP contribution < -0.4 is 5.73 Å². The lowest BCUT2D eigenvalue weighted by Crippen LogP contribution is -1.93. The SMILES string of the molecule is Nc1cc2nc(-c3ccc(F)cc3)cn2cc1F. The van der Waals surface area contributed by atoms with Crippen LogP contribution in [0.1, 0.15) is 0 Å². The number of rotatable bonds is 1. The number of anilines is 1. The van der Waals surface area contributed by atoms with E-state index >= 15 is 0 Å². The van der Waals surface area contributed by atoms with Crippen LogP contribution >= 0.6 is 0 Å². The summed E-state index contributed by atoms with van der Waals surface area (Å²) in [5.74, 6) is -0.802. The summed E-state index contributed by atoms with van der Waals surface area (Å²) >= 11 is 0. The van der Waals surface area contributed by atoms with Gasteiger partial charge in [0.15, 0.2) is 5.82 Å². The first-order valence-electron chi connectivity index (χ1n) is 5.33. The number of hydrogen-bond acceptors (Lipinski definition) is 2. The van der Waals surface area contributed by atoms with Crippen molar-refractivity contribution in [2.45, 2.75) is 0 Å². The zero-order valence-electron chi connectivity index (χ0n) is 9.27. The average molecular weight is 245 g/mol. The molecule has 0 spiro atoms. The Morgan fingerprint density at radius 1 is 1.06 bits per heavy atom. The van der Waals surface area contributed by atoms with Gasteiger partial charge >= 0.3 is 0 Å². The predicted molar refractivity (Wildman–Crippen MR) is 65.0 cm³/mol. The molecule has 2 heterocycles. The summed E-state index contributed by atoms with van der Waals surface area (Å²) in [7, 11) is 0. The van der Waals surface area contributed by atoms with Gasteiger partial charge in [-0.25, -0.2) is 13.8 Å². The van der Waals surface area contributed by atoms with Gasteiger partial charge in [0.2, 0.25) is 0 Å². The zero-order valence-corrected chi connectivity index (χ0v) is 9.27. The number of nitrogens with zero attached hydrogens (tertiary/aromatic N) is 2. The normalized spacial score (nSPS) is 11.0. The largest absolute Gasteiger partial charge is 0.396 e. The van der Waals surface area contributed by atoms with Gasteiger partial charge in [-0.1, -0.05) is 0 Å². The van der Waals surface area contributed by atoms with E-state index in [1.807, 2.05) is 0 Å². The number of imidazole rings is 1. The van der Waals surface area contributed by atoms with Gasteiger partial charge in [0.25, 0.3) is 0 Å². The zero-order chi connectivity index (χ0) is 12.7. The standard InChI is InChI=1S/C13H9F2N3/c14-9-3-1-8(2-4-9)12-7-18-6-10(15)11(16)5-13(18)17-12/h1-7H,16H2. The minimum Gasteiger partial charge on any atom is -0.396 e. The van der Waals surface area contributed by atoms with Gasteiger partial charge in [-0.05, 0) is 24.3 Å². The van der Waals surface area contributed by atoms with Gasteiger partial charge in [0.05, 0.1) is 11.4 Å². The molecule has 0 unspecified atom stereocenters. The summed E-state index contributed by atoms with van der Waals surface area (Å²) in [4.78, 5) is 4.31. The maximum absolute atomic E-state index is 13.3. The second-order valence-corrected chi connectivity index (χ2v) is 3.98. The second-order valence-electron chi connectivity index (χ2n) is 3.98. The molecule has 0 atom stereocenters. The van der Waals surface area contributed by atoms with E-state index in [4.69, 9.17) is 5.73 Å². The maximum atomic E-state index is 13.3. The van der Waals surface area contributed by atoms with Crippen LogP contribution in [-0.4, -0.2) is 9.38 Å². The maximum Gasteiger partial charge on any atom is 0.162 e. The minimum absolute atomic E-state index is 0.0544. The number of pyridine rings is 1. The Kier molecular flexibility index (Phi) is 2.26. The van der Waals surface area contributed by atoms with Crippen LogP contribution in [0.2, 0.25) is 0 Å². The van der Waals surface area contributed by atoms with E-state index in [2.05, 4.69) is 4.98 Å². The Morgan fingerprint density at radius 2 is 1.78 bits per heavy atom. The van der Waals surface area contributed by atoms with E-state index in [9.17, 15) is 8.78 Å². The summed E-state index contributed by atoms with van der Waals surface area (Å²) in [6.07, 6.45) is 2.94. The van der Waals surface area contributed by atoms with Crippen molar-refractivity contribution in [3.05, 3.63) is 54.4 Å². The first-order valence-corrected chi connectivity index (χ1v) is 5.33. The van der Waals surface area contributed by atoms with E-state index in [-0.39, 0.29) is 11.5 Å². The van der Waals surface area contributed by atoms with Crippen molar-refractivity contribution in [3.63, 3.8) is 0 Å². The summed E-state index contributed by atoms with van der Waals surface area (Å²) in [5.41, 5.74) is 7.48. The Balaban J connectivity index is 2.16. The first-order chi connectivity index (χ1) is 8.63. The minimum atomic E-state index is -0.495. The van der Waals surface area contributed by atoms with Crippen molar-refractivity contribution in [1.82, 2.24) is 9.38 Å². The van der Waals surface area contributed by atoms with Crippen LogP contribution in [0.25, 0.3) is 16.9 Å². The van der Waals surface area contributed by atoms with Crippen LogP contribution in [0.5, 0.6) is 0 Å². The van der Waals surface area contributed by atoms with Gasteiger partial charge in [-0.15, -0.1) is 0 Å². The van der Waals surface area contributed by atoms with E-state index < -0.39 is 5.82 Å². The molecule has 18 heavy (non-hydrogen) atoms. The summed E-state index contributed by atoms with van der Waals surface area (Å²) in [6.45, 7) is 0. The van der Waals surface area contributed by atoms with Crippen molar-refractivity contribution in [1.29, 1.82) is 0 Å². The monoisotopic (exact) mass is 245 g/mol. The van der Waals surface area contributed by atoms with E-state index in [0.717, 1.165) is 5.56 Å². The molecule has 0 saturated carbocycles. The molecule has 90 valence electrons. The molecule has 3 aromatic rings. The van der Waals surface area contributed by atoms with Crippen LogP contribution in [0.3, 0.4) is 0 Å². The van der Waals surface area contributed by atoms with Crippen LogP contribution in [-0.2, 0) is 0 Å². The predicted octanol–water partition coefficient (Wildman–Crippen LogP) is 2.86. The highest BCUT2D eigenvalue weighted by Gasteiger charge is 2.07. The number of benzene rings is 1. The van der Waals surface area contributed by atoms with Gasteiger partial charge in [0, 0.05) is 24.0 Å². The van der Waals surface area contributed by atoms with Crippen molar-refractivity contribution in [3.8, 4) is 11.3 Å². The summed E-state index contributed by atoms with van der Waals surface area (Å²) < 4.78 is 27.7. The molecule has 0 radical (unpaired) electrons. The highest BCUT2D eigenvalue weighted by atomic mass is 19.1. The van der Waals surface area contributed by atoms with Crippen LogP contribution in [0, 0.1) is 11.6 Å². The molecule has 3 rings (SSSR count). The molecule has 0 aliphatic rings. The molecule has 2 aromatic heterocycles. The van der Waals surface area contributed by atoms with Crippen molar-refractivity contribution < 1.29 is 8.78 Å². The molecule has 1 aromatic carbocycles. The number of halogens is 2. The molecule has 0 bridgehead atoms. The fourth-order valence-corrected chi connectivity index (χ4v) is 1.78. The molecule has 0 saturated heterocycles. The Morgan fingerprint density at radius 3 is 2.50 bits per heavy atom. The number of nitrogen functional groups attached to an aromatic ring is 1. The average Bonchev–Trinajstić information content (AvgIpc) is 2.73. The highest BCUT2D eigenvalue weighted by molar-refractivity contribution is 5.64. The topological polar surface area (TPSA) is 43.3 Å². The number of fused-ring (bicyclic) bond motifs is 1. The molecule has 0 amide bonds. The fourth-order valence-electron chi connectivity index (χ4n) is 1.78. The molecule has 3 nitrogen and oxygen atoms in total. The van der Waals surface area contributed by atoms with E-state index in [1.165, 1.54) is 24.4 Å². The molecular formula is C13H9F2N3. The molecule has 0 aliphatic heterocycles. The molecule has 5 heteroatoms. The number of aromatic nitrogens is 2. The number of nitrogens with two attached hydrogens (primary N) is 1. The lowest BCUT2D eigenvalue weighted by atomic mass is 10.2. The Hall–Kier alpha value is -2.43. The summed E-state index contributed by atoms with van der Waals surface area (Å²) in [5, 5.41) is 0. The lowest BCUT2D eigenvalue weighted by Gasteiger charge is -1.96. The van der Waals surface area contributed by atoms with Crippen molar-refractivity contribution >= 4 is 11.3 Å². The van der Waals surface area contributed by atoms with E-state index in [0.29, 0.717) is 11.3 Å². The Labute approximate surface area is 101 Å². The molecule has 2 N–H and O–H groups in total. The number of hydrogen-bond donors (Lipinski definition) is 1. The molecular weight excluding hydrogens is 236 g/mol. The van der Waals surface area contributed by atoms with Gasteiger partial charge in [0.1, 0.15) is 11.5 Å². The first kappa shape index (κ1) is 10.7. The highest BCUT2D eigenvalue weighted by Crippen LogP contribution is 2.21. The van der Waals surface area contributed by atoms with Crippen LogP contribution in [0.15, 0.2) is 42.7 Å². The quantitative estimate of drug-likeness (QED) is 0.716. The van der Waals surface area contributed by atoms with Gasteiger partial charge in [-0.3, -0.25) is 0 Å². The third kappa shape index (κ3) is 1.69. The van der Waals surface area contributed by atoms with Crippen LogP contribution in [0.4, 0.5) is 14.5 Å². The fraction of sp³-hybridized carbons (Fsp3) is 0. The molecule has 0 fully saturated rings. The third-order valence-corrected chi connectivity index (χ3v) is 2.71. The van der Waals surface area contributed by atoms with E-state index in [1.54, 1.807) is 22.7 Å². The molecule has 0 aliphatic carbocycles. The van der Waals surface area contributed by atoms with Crippen molar-refractivity contribution in [2.24, 2.45) is 0 Å². The van der Waals surface area contributed by atoms with Gasteiger partial charge < -0.3 is 10.1 Å². The summed E-state index contributed by atoms with van der Waals surface area (Å²) in [6, 6.07) is 7.42. The lowest BCUT2D eigenvalue weighted by molar-refractivity contribution is 0.624. The third-order valence-electron chi connectivity index (χ3n) is 2.71. The smallest absolute Gasteiger partial charge is 0.162 e. The van der Waals surface area contributed by atoms with Crippen molar-refractivity contribution in [2.75, 3.05) is 5.73 Å². The second kappa shape index (κ2) is 3.80. The van der Waals surface area contributed by atoms with Gasteiger partial charge in [-0.2, -0.15) is 0 Å². The Bertz CT molecular complexity index is 678.